The minimum atomic E-state index is -0.443. The van der Waals surface area contributed by atoms with E-state index in [1.165, 1.54) is 4.90 Å². The van der Waals surface area contributed by atoms with Gasteiger partial charge in [-0.05, 0) is 55.2 Å². The maximum atomic E-state index is 12.9. The number of nitrogens with one attached hydrogen (secondary N) is 1. The molecule has 1 unspecified atom stereocenters. The minimum Gasteiger partial charge on any atom is -0.336 e. The first-order valence-electron chi connectivity index (χ1n) is 10.3. The maximum Gasteiger partial charge on any atom is 0.243 e. The highest BCUT2D eigenvalue weighted by Gasteiger charge is 2.36. The Morgan fingerprint density at radius 1 is 1.17 bits per heavy atom. The second-order valence-corrected chi connectivity index (χ2v) is 7.99. The Balaban J connectivity index is 1.61. The van der Waals surface area contributed by atoms with Crippen molar-refractivity contribution < 1.29 is 14.4 Å². The van der Waals surface area contributed by atoms with Crippen LogP contribution in [0, 0.1) is 19.8 Å². The first kappa shape index (κ1) is 21.6. The average Bonchev–Trinajstić information content (AvgIpc) is 3.11. The number of rotatable bonds is 6. The minimum absolute atomic E-state index is 0.0533. The number of benzene rings is 2. The van der Waals surface area contributed by atoms with Crippen molar-refractivity contribution in [2.24, 2.45) is 5.92 Å². The van der Waals surface area contributed by atoms with Crippen molar-refractivity contribution in [2.45, 2.75) is 33.6 Å². The smallest absolute Gasteiger partial charge is 0.243 e. The Morgan fingerprint density at radius 2 is 1.93 bits per heavy atom. The second-order valence-electron chi connectivity index (χ2n) is 7.99. The summed E-state index contributed by atoms with van der Waals surface area (Å²) < 4.78 is 0. The number of aryl methyl sites for hydroxylation is 3. The zero-order valence-corrected chi connectivity index (χ0v) is 18.1. The Morgan fingerprint density at radius 3 is 2.67 bits per heavy atom. The van der Waals surface area contributed by atoms with Gasteiger partial charge in [0, 0.05) is 31.4 Å². The summed E-state index contributed by atoms with van der Waals surface area (Å²) in [6.07, 6.45) is 1.05. The molecule has 1 atom stereocenters. The monoisotopic (exact) mass is 407 g/mol. The highest BCUT2D eigenvalue weighted by Crippen LogP contribution is 2.27. The maximum absolute atomic E-state index is 12.9. The van der Waals surface area contributed by atoms with Crippen LogP contribution in [-0.2, 0) is 20.8 Å². The van der Waals surface area contributed by atoms with Crippen LogP contribution in [0.25, 0.3) is 0 Å². The van der Waals surface area contributed by atoms with Crippen molar-refractivity contribution in [3.05, 3.63) is 59.2 Å². The summed E-state index contributed by atoms with van der Waals surface area (Å²) in [7, 11) is 1.61. The van der Waals surface area contributed by atoms with Gasteiger partial charge in [0.1, 0.15) is 0 Å². The third kappa shape index (κ3) is 4.87. The molecule has 0 aromatic heterocycles. The van der Waals surface area contributed by atoms with Crippen molar-refractivity contribution in [3.63, 3.8) is 0 Å². The van der Waals surface area contributed by atoms with E-state index in [4.69, 9.17) is 0 Å². The summed E-state index contributed by atoms with van der Waals surface area (Å²) in [5, 5.41) is 2.87. The zero-order chi connectivity index (χ0) is 21.8. The molecule has 30 heavy (non-hydrogen) atoms. The molecule has 0 spiro atoms. The first-order chi connectivity index (χ1) is 14.3. The standard InChI is InChI=1S/C24H29N3O3/c1-5-18-7-6-8-20(12-18)27-14-19(13-23(27)29)24(30)26(4)15-22(28)25-21-11-16(2)9-10-17(21)3/h6-12,19H,5,13-15H2,1-4H3,(H,25,28). The predicted octanol–water partition coefficient (Wildman–Crippen LogP) is 3.32. The molecule has 2 aromatic rings. The number of likely N-dealkylation sites (N-methyl/N-ethyl adjacent to an activating group) is 1. The van der Waals surface area contributed by atoms with Crippen LogP contribution in [0.2, 0.25) is 0 Å². The van der Waals surface area contributed by atoms with Gasteiger partial charge in [-0.3, -0.25) is 14.4 Å². The Kier molecular flexibility index (Phi) is 6.55. The lowest BCUT2D eigenvalue weighted by molar-refractivity contribution is -0.137. The predicted molar refractivity (Wildman–Crippen MR) is 118 cm³/mol. The topological polar surface area (TPSA) is 69.7 Å². The summed E-state index contributed by atoms with van der Waals surface area (Å²) in [5.41, 5.74) is 4.74. The molecule has 0 bridgehead atoms. The number of anilines is 2. The van der Waals surface area contributed by atoms with Gasteiger partial charge in [-0.2, -0.15) is 0 Å². The molecule has 158 valence electrons. The molecule has 6 nitrogen and oxygen atoms in total. The molecule has 1 saturated heterocycles. The van der Waals surface area contributed by atoms with Crippen LogP contribution in [0.5, 0.6) is 0 Å². The molecular weight excluding hydrogens is 378 g/mol. The largest absolute Gasteiger partial charge is 0.336 e. The van der Waals surface area contributed by atoms with E-state index >= 15 is 0 Å². The fourth-order valence-electron chi connectivity index (χ4n) is 3.73. The summed E-state index contributed by atoms with van der Waals surface area (Å²) in [6, 6.07) is 13.7. The molecule has 1 fully saturated rings. The summed E-state index contributed by atoms with van der Waals surface area (Å²) in [6.45, 7) is 6.24. The van der Waals surface area contributed by atoms with E-state index in [0.29, 0.717) is 6.54 Å². The van der Waals surface area contributed by atoms with Gasteiger partial charge < -0.3 is 15.1 Å². The van der Waals surface area contributed by atoms with Crippen molar-refractivity contribution in [3.8, 4) is 0 Å². The number of carbonyl (C=O) groups excluding carboxylic acids is 3. The zero-order valence-electron chi connectivity index (χ0n) is 18.1. The van der Waals surface area contributed by atoms with E-state index < -0.39 is 5.92 Å². The summed E-state index contributed by atoms with van der Waals surface area (Å²) in [4.78, 5) is 40.9. The molecule has 3 rings (SSSR count). The van der Waals surface area contributed by atoms with Crippen molar-refractivity contribution >= 4 is 29.1 Å². The van der Waals surface area contributed by atoms with Gasteiger partial charge in [-0.15, -0.1) is 0 Å². The molecule has 0 radical (unpaired) electrons. The Labute approximate surface area is 177 Å². The Bertz CT molecular complexity index is 970. The quantitative estimate of drug-likeness (QED) is 0.799. The first-order valence-corrected chi connectivity index (χ1v) is 10.3. The van der Waals surface area contributed by atoms with E-state index in [-0.39, 0.29) is 30.7 Å². The van der Waals surface area contributed by atoms with Crippen molar-refractivity contribution in [1.82, 2.24) is 4.90 Å². The van der Waals surface area contributed by atoms with Gasteiger partial charge in [0.05, 0.1) is 12.5 Å². The second kappa shape index (κ2) is 9.11. The highest BCUT2D eigenvalue weighted by atomic mass is 16.2. The van der Waals surface area contributed by atoms with Crippen LogP contribution in [0.4, 0.5) is 11.4 Å². The number of amides is 3. The number of hydrogen-bond acceptors (Lipinski definition) is 3. The molecular formula is C24H29N3O3. The van der Waals surface area contributed by atoms with Crippen LogP contribution in [0.1, 0.15) is 30.0 Å². The van der Waals surface area contributed by atoms with E-state index in [2.05, 4.69) is 12.2 Å². The fraction of sp³-hybridized carbons (Fsp3) is 0.375. The van der Waals surface area contributed by atoms with Gasteiger partial charge in [0.25, 0.3) is 0 Å². The van der Waals surface area contributed by atoms with Gasteiger partial charge in [0.15, 0.2) is 0 Å². The van der Waals surface area contributed by atoms with Gasteiger partial charge in [-0.1, -0.05) is 31.2 Å². The third-order valence-corrected chi connectivity index (χ3v) is 5.53. The van der Waals surface area contributed by atoms with Gasteiger partial charge >= 0.3 is 0 Å². The lowest BCUT2D eigenvalue weighted by atomic mass is 10.1. The molecule has 1 aliphatic rings. The van der Waals surface area contributed by atoms with Crippen molar-refractivity contribution in [2.75, 3.05) is 30.4 Å². The van der Waals surface area contributed by atoms with Gasteiger partial charge in [0.2, 0.25) is 17.7 Å². The van der Waals surface area contributed by atoms with Crippen LogP contribution in [0.3, 0.4) is 0 Å². The molecule has 1 aliphatic heterocycles. The molecule has 2 aromatic carbocycles. The van der Waals surface area contributed by atoms with E-state index in [1.54, 1.807) is 11.9 Å². The van der Waals surface area contributed by atoms with Crippen molar-refractivity contribution in [1.29, 1.82) is 0 Å². The summed E-state index contributed by atoms with van der Waals surface area (Å²) >= 11 is 0. The SMILES string of the molecule is CCc1cccc(N2CC(C(=O)N(C)CC(=O)Nc3cc(C)ccc3C)CC2=O)c1. The molecule has 3 amide bonds. The number of hydrogen-bond donors (Lipinski definition) is 1. The lowest BCUT2D eigenvalue weighted by Gasteiger charge is -2.21. The highest BCUT2D eigenvalue weighted by molar-refractivity contribution is 6.01. The molecule has 6 heteroatoms. The number of nitrogens with zero attached hydrogens (tertiary/aromatic N) is 2. The molecule has 0 saturated carbocycles. The molecule has 1 N–H and O–H groups in total. The van der Waals surface area contributed by atoms with E-state index in [9.17, 15) is 14.4 Å². The van der Waals surface area contributed by atoms with Gasteiger partial charge in [-0.25, -0.2) is 0 Å². The van der Waals surface area contributed by atoms with E-state index in [1.807, 2.05) is 56.3 Å². The van der Waals surface area contributed by atoms with Crippen LogP contribution >= 0.6 is 0 Å². The average molecular weight is 408 g/mol. The molecule has 0 aliphatic carbocycles. The van der Waals surface area contributed by atoms with Crippen LogP contribution in [-0.4, -0.2) is 42.8 Å². The number of carbonyl (C=O) groups is 3. The third-order valence-electron chi connectivity index (χ3n) is 5.53. The van der Waals surface area contributed by atoms with E-state index in [0.717, 1.165) is 34.5 Å². The molecule has 1 heterocycles. The normalized spacial score (nSPS) is 15.9. The Hall–Kier alpha value is -3.15. The van der Waals surface area contributed by atoms with Crippen LogP contribution in [0.15, 0.2) is 42.5 Å². The lowest BCUT2D eigenvalue weighted by Crippen LogP contribution is -2.39. The fourth-order valence-corrected chi connectivity index (χ4v) is 3.73. The van der Waals surface area contributed by atoms with Crippen LogP contribution < -0.4 is 10.2 Å². The summed E-state index contributed by atoms with van der Waals surface area (Å²) in [5.74, 6) is -0.943.